The third-order valence-electron chi connectivity index (χ3n) is 3.40. The highest BCUT2D eigenvalue weighted by Crippen LogP contribution is 2.16. The van der Waals surface area contributed by atoms with Crippen molar-refractivity contribution >= 4 is 28.8 Å². The summed E-state index contributed by atoms with van der Waals surface area (Å²) in [6, 6.07) is 6.49. The molecule has 0 aliphatic rings. The van der Waals surface area contributed by atoms with Gasteiger partial charge in [-0.1, -0.05) is 22.9 Å². The first kappa shape index (κ1) is 16.6. The Bertz CT molecular complexity index is 834. The lowest BCUT2D eigenvalue weighted by Crippen LogP contribution is -2.23. The van der Waals surface area contributed by atoms with Gasteiger partial charge < -0.3 is 5.32 Å². The van der Waals surface area contributed by atoms with Crippen LogP contribution >= 0.6 is 22.9 Å². The molecule has 0 fully saturated rings. The number of benzene rings is 1. The number of aromatic nitrogens is 3. The molecular weight excluding hydrogens is 351 g/mol. The Kier molecular flexibility index (Phi) is 5.22. The summed E-state index contributed by atoms with van der Waals surface area (Å²) < 4.78 is 15.0. The van der Waals surface area contributed by atoms with Gasteiger partial charge in [-0.15, -0.1) is 5.10 Å². The molecule has 2 aromatic heterocycles. The van der Waals surface area contributed by atoms with Crippen LogP contribution in [0.4, 0.5) is 4.39 Å². The van der Waals surface area contributed by atoms with Crippen LogP contribution in [0.15, 0.2) is 41.2 Å². The van der Waals surface area contributed by atoms with Crippen LogP contribution in [0.3, 0.4) is 0 Å². The number of nitrogens with zero attached hydrogens (tertiary/aromatic N) is 3. The smallest absolute Gasteiger partial charge is 0.220 e. The summed E-state index contributed by atoms with van der Waals surface area (Å²) in [5.74, 6) is -0.602. The molecule has 124 valence electrons. The molecule has 8 heteroatoms. The van der Waals surface area contributed by atoms with Gasteiger partial charge in [-0.25, -0.2) is 9.07 Å². The van der Waals surface area contributed by atoms with E-state index in [0.29, 0.717) is 18.7 Å². The van der Waals surface area contributed by atoms with E-state index >= 15 is 0 Å². The molecule has 0 saturated carbocycles. The molecule has 1 aromatic carbocycles. The first-order valence-electron chi connectivity index (χ1n) is 7.26. The van der Waals surface area contributed by atoms with Crippen LogP contribution in [0, 0.1) is 5.82 Å². The summed E-state index contributed by atoms with van der Waals surface area (Å²) >= 11 is 7.21. The third kappa shape index (κ3) is 4.18. The van der Waals surface area contributed by atoms with Crippen molar-refractivity contribution in [3.05, 3.63) is 63.3 Å². The predicted octanol–water partition coefficient (Wildman–Crippen LogP) is 3.37. The van der Waals surface area contributed by atoms with E-state index in [1.54, 1.807) is 28.3 Å². The van der Waals surface area contributed by atoms with E-state index < -0.39 is 5.82 Å². The number of rotatable bonds is 6. The minimum atomic E-state index is -0.473. The second-order valence-corrected chi connectivity index (χ2v) is 6.35. The largest absolute Gasteiger partial charge is 0.350 e. The van der Waals surface area contributed by atoms with Gasteiger partial charge in [-0.05, 0) is 35.6 Å². The lowest BCUT2D eigenvalue weighted by molar-refractivity contribution is -0.121. The topological polar surface area (TPSA) is 59.8 Å². The van der Waals surface area contributed by atoms with E-state index in [-0.39, 0.29) is 17.4 Å². The first-order valence-corrected chi connectivity index (χ1v) is 8.58. The zero-order valence-corrected chi connectivity index (χ0v) is 14.1. The lowest BCUT2D eigenvalue weighted by Gasteiger charge is -2.04. The fourth-order valence-corrected chi connectivity index (χ4v) is 2.86. The molecule has 0 atom stereocenters. The van der Waals surface area contributed by atoms with Crippen LogP contribution in [0.5, 0.6) is 0 Å². The molecule has 24 heavy (non-hydrogen) atoms. The van der Waals surface area contributed by atoms with Crippen molar-refractivity contribution in [1.82, 2.24) is 20.3 Å². The minimum absolute atomic E-state index is 0.0805. The highest BCUT2D eigenvalue weighted by Gasteiger charge is 2.07. The van der Waals surface area contributed by atoms with Crippen LogP contribution in [0.25, 0.3) is 5.69 Å². The predicted molar refractivity (Wildman–Crippen MR) is 90.8 cm³/mol. The first-order chi connectivity index (χ1) is 11.6. The molecule has 0 aliphatic heterocycles. The zero-order valence-electron chi connectivity index (χ0n) is 12.6. The Morgan fingerprint density at radius 3 is 3.00 bits per heavy atom. The molecule has 0 aliphatic carbocycles. The number of carbonyl (C=O) groups is 1. The average molecular weight is 365 g/mol. The second-order valence-electron chi connectivity index (χ2n) is 5.16. The monoisotopic (exact) mass is 364 g/mol. The van der Waals surface area contributed by atoms with Crippen LogP contribution < -0.4 is 5.32 Å². The van der Waals surface area contributed by atoms with Crippen molar-refractivity contribution < 1.29 is 9.18 Å². The number of halogens is 2. The van der Waals surface area contributed by atoms with Gasteiger partial charge in [0, 0.05) is 11.8 Å². The number of hydrogen-bond acceptors (Lipinski definition) is 4. The maximum absolute atomic E-state index is 13.3. The molecule has 3 aromatic rings. The maximum atomic E-state index is 13.3. The standard InChI is InChI=1S/C16H14ClFN4OS/c17-14-3-1-11(7-15(14)18)2-4-16(23)19-8-12-9-22(21-20-12)13-5-6-24-10-13/h1,3,5-7,9-10H,2,4,8H2,(H,19,23). The molecule has 0 bridgehead atoms. The van der Waals surface area contributed by atoms with Crippen molar-refractivity contribution in [3.8, 4) is 5.69 Å². The van der Waals surface area contributed by atoms with Crippen molar-refractivity contribution in [1.29, 1.82) is 0 Å². The van der Waals surface area contributed by atoms with Gasteiger partial charge in [0.2, 0.25) is 5.91 Å². The Balaban J connectivity index is 1.48. The Morgan fingerprint density at radius 1 is 1.38 bits per heavy atom. The minimum Gasteiger partial charge on any atom is -0.350 e. The molecule has 2 heterocycles. The molecular formula is C16H14ClFN4OS. The molecule has 0 unspecified atom stereocenters. The molecule has 5 nitrogen and oxygen atoms in total. The molecule has 0 radical (unpaired) electrons. The van der Waals surface area contributed by atoms with Crippen molar-refractivity contribution in [3.63, 3.8) is 0 Å². The zero-order chi connectivity index (χ0) is 16.9. The van der Waals surface area contributed by atoms with E-state index in [9.17, 15) is 9.18 Å². The van der Waals surface area contributed by atoms with Gasteiger partial charge in [-0.3, -0.25) is 4.79 Å². The molecule has 0 spiro atoms. The average Bonchev–Trinajstić information content (AvgIpc) is 3.25. The van der Waals surface area contributed by atoms with E-state index in [1.165, 1.54) is 12.1 Å². The summed E-state index contributed by atoms with van der Waals surface area (Å²) in [5, 5.41) is 14.8. The van der Waals surface area contributed by atoms with Gasteiger partial charge >= 0.3 is 0 Å². The number of nitrogens with one attached hydrogen (secondary N) is 1. The number of carbonyl (C=O) groups excluding carboxylic acids is 1. The Morgan fingerprint density at radius 2 is 2.25 bits per heavy atom. The quantitative estimate of drug-likeness (QED) is 0.729. The van der Waals surface area contributed by atoms with E-state index in [0.717, 1.165) is 11.3 Å². The van der Waals surface area contributed by atoms with Gasteiger partial charge in [0.25, 0.3) is 0 Å². The normalized spacial score (nSPS) is 10.8. The van der Waals surface area contributed by atoms with E-state index in [4.69, 9.17) is 11.6 Å². The summed E-state index contributed by atoms with van der Waals surface area (Å²) in [6.45, 7) is 0.304. The molecule has 3 rings (SSSR count). The second kappa shape index (κ2) is 7.55. The lowest BCUT2D eigenvalue weighted by atomic mass is 10.1. The van der Waals surface area contributed by atoms with Crippen LogP contribution in [-0.4, -0.2) is 20.9 Å². The number of aryl methyl sites for hydroxylation is 1. The summed E-state index contributed by atoms with van der Waals surface area (Å²) in [6.07, 6.45) is 2.48. The summed E-state index contributed by atoms with van der Waals surface area (Å²) in [7, 11) is 0. The fraction of sp³-hybridized carbons (Fsp3) is 0.188. The van der Waals surface area contributed by atoms with Crippen molar-refractivity contribution in [2.24, 2.45) is 0 Å². The Hall–Kier alpha value is -2.25. The van der Waals surface area contributed by atoms with Gasteiger partial charge in [0.05, 0.1) is 23.5 Å². The van der Waals surface area contributed by atoms with Crippen molar-refractivity contribution in [2.45, 2.75) is 19.4 Å². The van der Waals surface area contributed by atoms with Gasteiger partial charge in [0.1, 0.15) is 11.5 Å². The highest BCUT2D eigenvalue weighted by atomic mass is 35.5. The van der Waals surface area contributed by atoms with Crippen molar-refractivity contribution in [2.75, 3.05) is 0 Å². The summed E-state index contributed by atoms with van der Waals surface area (Å²) in [4.78, 5) is 11.9. The van der Waals surface area contributed by atoms with E-state index in [1.807, 2.05) is 16.8 Å². The highest BCUT2D eigenvalue weighted by molar-refractivity contribution is 7.08. The third-order valence-corrected chi connectivity index (χ3v) is 4.38. The number of thiophene rings is 1. The van der Waals surface area contributed by atoms with E-state index in [2.05, 4.69) is 15.6 Å². The fourth-order valence-electron chi connectivity index (χ4n) is 2.12. The summed E-state index contributed by atoms with van der Waals surface area (Å²) in [5.41, 5.74) is 2.34. The maximum Gasteiger partial charge on any atom is 0.220 e. The number of hydrogen-bond donors (Lipinski definition) is 1. The SMILES string of the molecule is O=C(CCc1ccc(Cl)c(F)c1)NCc1cn(-c2ccsc2)nn1. The molecule has 1 amide bonds. The molecule has 0 saturated heterocycles. The Labute approximate surface area is 147 Å². The van der Waals surface area contributed by atoms with Crippen LogP contribution in [-0.2, 0) is 17.8 Å². The van der Waals surface area contributed by atoms with Gasteiger partial charge in [0.15, 0.2) is 0 Å². The van der Waals surface area contributed by atoms with Crippen LogP contribution in [0.1, 0.15) is 17.7 Å². The van der Waals surface area contributed by atoms with Crippen LogP contribution in [0.2, 0.25) is 5.02 Å². The molecule has 1 N–H and O–H groups in total. The van der Waals surface area contributed by atoms with Gasteiger partial charge in [-0.2, -0.15) is 11.3 Å². The number of amides is 1.